The first-order valence-corrected chi connectivity index (χ1v) is 6.87. The van der Waals surface area contributed by atoms with Crippen molar-refractivity contribution in [2.75, 3.05) is 13.1 Å². The third-order valence-electron chi connectivity index (χ3n) is 3.36. The molecule has 1 aromatic carbocycles. The molecule has 1 aromatic rings. The molecule has 0 amide bonds. The van der Waals surface area contributed by atoms with Crippen LogP contribution in [0.15, 0.2) is 24.3 Å². The van der Waals surface area contributed by atoms with Crippen molar-refractivity contribution >= 4 is 5.97 Å². The Morgan fingerprint density at radius 3 is 3.00 bits per heavy atom. The molecule has 19 heavy (non-hydrogen) atoms. The number of hydrogen-bond donors (Lipinski definition) is 1. The van der Waals surface area contributed by atoms with E-state index in [2.05, 4.69) is 6.92 Å². The standard InChI is InChI=1S/C15H21NO3/c1-2-3-7-13-10-16(11-15(17)18)9-12-6-4-5-8-14(12)19-13/h4-6,8,13H,2-3,7,9-11H2,1H3,(H,17,18). The van der Waals surface area contributed by atoms with Crippen LogP contribution in [0.25, 0.3) is 0 Å². The number of carboxylic acid groups (broad SMARTS) is 1. The predicted molar refractivity (Wildman–Crippen MR) is 73.3 cm³/mol. The molecule has 0 spiro atoms. The maximum atomic E-state index is 10.9. The SMILES string of the molecule is CCCCC1CN(CC(=O)O)Cc2ccccc2O1. The fourth-order valence-electron chi connectivity index (χ4n) is 2.45. The Labute approximate surface area is 114 Å². The molecule has 0 fully saturated rings. The molecular weight excluding hydrogens is 242 g/mol. The van der Waals surface area contributed by atoms with Crippen molar-refractivity contribution in [1.29, 1.82) is 0 Å². The van der Waals surface area contributed by atoms with Crippen LogP contribution in [0.4, 0.5) is 0 Å². The van der Waals surface area contributed by atoms with Gasteiger partial charge in [-0.3, -0.25) is 9.69 Å². The lowest BCUT2D eigenvalue weighted by Crippen LogP contribution is -2.36. The molecule has 2 rings (SSSR count). The molecule has 0 radical (unpaired) electrons. The first-order chi connectivity index (χ1) is 9.19. The fourth-order valence-corrected chi connectivity index (χ4v) is 2.45. The Morgan fingerprint density at radius 2 is 2.26 bits per heavy atom. The Kier molecular flexibility index (Phi) is 4.80. The number of ether oxygens (including phenoxy) is 1. The first-order valence-electron chi connectivity index (χ1n) is 6.87. The van der Waals surface area contributed by atoms with Crippen LogP contribution in [-0.2, 0) is 11.3 Å². The molecule has 0 saturated heterocycles. The average molecular weight is 263 g/mol. The summed E-state index contributed by atoms with van der Waals surface area (Å²) in [5, 5.41) is 8.99. The highest BCUT2D eigenvalue weighted by Crippen LogP contribution is 2.26. The Bertz CT molecular complexity index is 433. The molecule has 0 saturated carbocycles. The minimum absolute atomic E-state index is 0.0698. The number of benzene rings is 1. The van der Waals surface area contributed by atoms with Gasteiger partial charge in [0.25, 0.3) is 0 Å². The van der Waals surface area contributed by atoms with Crippen LogP contribution < -0.4 is 4.74 Å². The maximum Gasteiger partial charge on any atom is 0.317 e. The maximum absolute atomic E-state index is 10.9. The van der Waals surface area contributed by atoms with Gasteiger partial charge < -0.3 is 9.84 Å². The summed E-state index contributed by atoms with van der Waals surface area (Å²) in [6, 6.07) is 7.90. The zero-order valence-corrected chi connectivity index (χ0v) is 11.3. The van der Waals surface area contributed by atoms with Crippen LogP contribution in [0.2, 0.25) is 0 Å². The molecule has 1 N–H and O–H groups in total. The molecule has 1 unspecified atom stereocenters. The summed E-state index contributed by atoms with van der Waals surface area (Å²) in [6.07, 6.45) is 3.29. The largest absolute Gasteiger partial charge is 0.489 e. The van der Waals surface area contributed by atoms with Gasteiger partial charge in [0, 0.05) is 18.7 Å². The molecular formula is C15H21NO3. The quantitative estimate of drug-likeness (QED) is 0.887. The second-order valence-electron chi connectivity index (χ2n) is 5.05. The summed E-state index contributed by atoms with van der Waals surface area (Å²) in [5.74, 6) is 0.116. The van der Waals surface area contributed by atoms with E-state index in [4.69, 9.17) is 9.84 Å². The van der Waals surface area contributed by atoms with Gasteiger partial charge in [-0.1, -0.05) is 31.5 Å². The van der Waals surface area contributed by atoms with Crippen molar-refractivity contribution in [3.63, 3.8) is 0 Å². The molecule has 0 aromatic heterocycles. The van der Waals surface area contributed by atoms with E-state index < -0.39 is 5.97 Å². The van der Waals surface area contributed by atoms with Crippen molar-refractivity contribution in [2.45, 2.75) is 38.8 Å². The van der Waals surface area contributed by atoms with Gasteiger partial charge in [-0.05, 0) is 18.9 Å². The second-order valence-corrected chi connectivity index (χ2v) is 5.05. The van der Waals surface area contributed by atoms with Gasteiger partial charge in [-0.25, -0.2) is 0 Å². The highest BCUT2D eigenvalue weighted by molar-refractivity contribution is 5.69. The zero-order chi connectivity index (χ0) is 13.7. The van der Waals surface area contributed by atoms with Gasteiger partial charge in [0.2, 0.25) is 0 Å². The number of aliphatic carboxylic acids is 1. The number of fused-ring (bicyclic) bond motifs is 1. The predicted octanol–water partition coefficient (Wildman–Crippen LogP) is 2.52. The number of nitrogens with zero attached hydrogens (tertiary/aromatic N) is 1. The number of para-hydroxylation sites is 1. The molecule has 1 aliphatic rings. The smallest absolute Gasteiger partial charge is 0.317 e. The van der Waals surface area contributed by atoms with Gasteiger partial charge in [0.05, 0.1) is 6.54 Å². The summed E-state index contributed by atoms with van der Waals surface area (Å²) in [4.78, 5) is 12.9. The second kappa shape index (κ2) is 6.57. The highest BCUT2D eigenvalue weighted by atomic mass is 16.5. The number of rotatable bonds is 5. The first kappa shape index (κ1) is 13.9. The normalized spacial score (nSPS) is 19.3. The lowest BCUT2D eigenvalue weighted by molar-refractivity contribution is -0.138. The van der Waals surface area contributed by atoms with Crippen LogP contribution in [-0.4, -0.2) is 35.2 Å². The third-order valence-corrected chi connectivity index (χ3v) is 3.36. The zero-order valence-electron chi connectivity index (χ0n) is 11.3. The molecule has 0 aliphatic carbocycles. The lowest BCUT2D eigenvalue weighted by Gasteiger charge is -2.22. The van der Waals surface area contributed by atoms with Crippen LogP contribution >= 0.6 is 0 Å². The van der Waals surface area contributed by atoms with E-state index in [0.29, 0.717) is 13.1 Å². The van der Waals surface area contributed by atoms with Crippen LogP contribution in [0.5, 0.6) is 5.75 Å². The van der Waals surface area contributed by atoms with Gasteiger partial charge in [-0.15, -0.1) is 0 Å². The van der Waals surface area contributed by atoms with Crippen LogP contribution in [0, 0.1) is 0 Å². The van der Waals surface area contributed by atoms with E-state index in [9.17, 15) is 4.79 Å². The Morgan fingerprint density at radius 1 is 1.47 bits per heavy atom. The Hall–Kier alpha value is -1.55. The average Bonchev–Trinajstić information content (AvgIpc) is 2.53. The van der Waals surface area contributed by atoms with Crippen molar-refractivity contribution in [1.82, 2.24) is 4.90 Å². The summed E-state index contributed by atoms with van der Waals surface area (Å²) < 4.78 is 6.04. The molecule has 4 nitrogen and oxygen atoms in total. The highest BCUT2D eigenvalue weighted by Gasteiger charge is 2.23. The van der Waals surface area contributed by atoms with Gasteiger partial charge in [-0.2, -0.15) is 0 Å². The number of hydrogen-bond acceptors (Lipinski definition) is 3. The summed E-state index contributed by atoms with van der Waals surface area (Å²) in [6.45, 7) is 3.55. The van der Waals surface area contributed by atoms with E-state index in [-0.39, 0.29) is 12.6 Å². The van der Waals surface area contributed by atoms with E-state index in [1.54, 1.807) is 0 Å². The van der Waals surface area contributed by atoms with Gasteiger partial charge >= 0.3 is 5.97 Å². The van der Waals surface area contributed by atoms with E-state index in [1.807, 2.05) is 29.2 Å². The lowest BCUT2D eigenvalue weighted by atomic mass is 10.1. The van der Waals surface area contributed by atoms with Gasteiger partial charge in [0.15, 0.2) is 0 Å². The van der Waals surface area contributed by atoms with E-state index >= 15 is 0 Å². The van der Waals surface area contributed by atoms with E-state index in [1.165, 1.54) is 0 Å². The number of unbranched alkanes of at least 4 members (excludes halogenated alkanes) is 1. The monoisotopic (exact) mass is 263 g/mol. The fraction of sp³-hybridized carbons (Fsp3) is 0.533. The third kappa shape index (κ3) is 3.96. The van der Waals surface area contributed by atoms with E-state index in [0.717, 1.165) is 30.6 Å². The number of carbonyl (C=O) groups is 1. The van der Waals surface area contributed by atoms with Gasteiger partial charge in [0.1, 0.15) is 11.9 Å². The van der Waals surface area contributed by atoms with Crippen LogP contribution in [0.1, 0.15) is 31.7 Å². The molecule has 0 bridgehead atoms. The van der Waals surface area contributed by atoms with Crippen LogP contribution in [0.3, 0.4) is 0 Å². The van der Waals surface area contributed by atoms with Crippen molar-refractivity contribution in [2.24, 2.45) is 0 Å². The molecule has 104 valence electrons. The topological polar surface area (TPSA) is 49.8 Å². The molecule has 1 heterocycles. The summed E-state index contributed by atoms with van der Waals surface area (Å²) >= 11 is 0. The van der Waals surface area contributed by atoms with Crippen molar-refractivity contribution in [3.05, 3.63) is 29.8 Å². The number of carboxylic acids is 1. The Balaban J connectivity index is 2.14. The summed E-state index contributed by atoms with van der Waals surface area (Å²) in [7, 11) is 0. The summed E-state index contributed by atoms with van der Waals surface area (Å²) in [5.41, 5.74) is 1.07. The molecule has 4 heteroatoms. The molecule has 1 atom stereocenters. The minimum Gasteiger partial charge on any atom is -0.489 e. The van der Waals surface area contributed by atoms with Crippen molar-refractivity contribution < 1.29 is 14.6 Å². The van der Waals surface area contributed by atoms with Crippen molar-refractivity contribution in [3.8, 4) is 5.75 Å². The minimum atomic E-state index is -0.784. The molecule has 1 aliphatic heterocycles.